The summed E-state index contributed by atoms with van der Waals surface area (Å²) < 4.78 is 24.8. The van der Waals surface area contributed by atoms with Crippen molar-refractivity contribution in [1.82, 2.24) is 0 Å². The van der Waals surface area contributed by atoms with Crippen molar-refractivity contribution in [2.24, 2.45) is 34.3 Å². The molecule has 0 bridgehead atoms. The Bertz CT molecular complexity index is 782. The van der Waals surface area contributed by atoms with Crippen LogP contribution in [0.25, 0.3) is 0 Å². The summed E-state index contributed by atoms with van der Waals surface area (Å²) in [5, 5.41) is 7.42. The molecule has 0 radical (unpaired) electrons. The first-order valence-electron chi connectivity index (χ1n) is 12.9. The fourth-order valence-electron chi connectivity index (χ4n) is 8.77. The maximum absolute atomic E-state index is 9.00. The van der Waals surface area contributed by atoms with Crippen LogP contribution in [0.4, 0.5) is 0 Å². The lowest BCUT2D eigenvalue weighted by Gasteiger charge is -2.60. The average molecular weight is 464 g/mol. The molecule has 5 atom stereocenters. The first-order chi connectivity index (χ1) is 15.8. The van der Waals surface area contributed by atoms with E-state index in [1.807, 2.05) is 0 Å². The monoisotopic (exact) mass is 463 g/mol. The summed E-state index contributed by atoms with van der Waals surface area (Å²) in [5.74, 6) is 0.676. The van der Waals surface area contributed by atoms with Crippen molar-refractivity contribution in [1.29, 1.82) is 0 Å². The van der Waals surface area contributed by atoms with E-state index in [0.717, 1.165) is 77.4 Å². The average Bonchev–Trinajstić information content (AvgIpc) is 3.50. The molecule has 3 N–H and O–H groups in total. The molecule has 3 saturated carbocycles. The molecule has 2 spiro atoms. The van der Waals surface area contributed by atoms with Crippen LogP contribution in [0.15, 0.2) is 11.6 Å². The number of rotatable bonds is 2. The quantitative estimate of drug-likeness (QED) is 0.600. The first kappa shape index (κ1) is 23.7. The zero-order chi connectivity index (χ0) is 23.3. The van der Waals surface area contributed by atoms with Gasteiger partial charge in [-0.3, -0.25) is 4.79 Å². The molecule has 6 aliphatic rings. The van der Waals surface area contributed by atoms with Crippen molar-refractivity contribution in [2.45, 2.75) is 83.2 Å². The first-order valence-corrected chi connectivity index (χ1v) is 12.9. The number of hydrogen-bond acceptors (Lipinski definition) is 6. The zero-order valence-electron chi connectivity index (χ0n) is 20.3. The fourth-order valence-corrected chi connectivity index (χ4v) is 8.77. The van der Waals surface area contributed by atoms with Gasteiger partial charge in [-0.1, -0.05) is 18.6 Å². The standard InChI is InChI=1S/C24H37NO4.C2H4O2/c1-21-6-4-20-18(19(21)5-7-24(21)28-14-15-29-24)3-2-17-16-23(26-12-13-27-23)9-8-22(17,20)10-11-25;1-2(3)4/h2,18-20H,3-16,25H2,1H3;1H3,(H,3,4)/t18-,19-,20-,21-,22+;/m0./s1. The molecule has 33 heavy (non-hydrogen) atoms. The van der Waals surface area contributed by atoms with E-state index >= 15 is 0 Å². The summed E-state index contributed by atoms with van der Waals surface area (Å²) in [6.07, 6.45) is 12.8. The van der Waals surface area contributed by atoms with Crippen LogP contribution in [0.3, 0.4) is 0 Å². The van der Waals surface area contributed by atoms with Crippen LogP contribution in [0.5, 0.6) is 0 Å². The molecule has 7 nitrogen and oxygen atoms in total. The minimum atomic E-state index is -0.833. The summed E-state index contributed by atoms with van der Waals surface area (Å²) in [7, 11) is 0. The number of allylic oxidation sites excluding steroid dienone is 1. The van der Waals surface area contributed by atoms with E-state index in [9.17, 15) is 0 Å². The summed E-state index contributed by atoms with van der Waals surface area (Å²) in [6, 6.07) is 0. The normalized spacial score (nSPS) is 42.2. The lowest BCUT2D eigenvalue weighted by Crippen LogP contribution is -2.56. The van der Waals surface area contributed by atoms with E-state index in [1.54, 1.807) is 5.57 Å². The molecule has 0 aromatic rings. The molecule has 0 aromatic carbocycles. The second-order valence-electron chi connectivity index (χ2n) is 11.3. The van der Waals surface area contributed by atoms with Gasteiger partial charge in [0.25, 0.3) is 5.97 Å². The molecule has 4 aliphatic carbocycles. The van der Waals surface area contributed by atoms with Crippen molar-refractivity contribution in [3.05, 3.63) is 11.6 Å². The number of carboxylic acids is 1. The Kier molecular flexibility index (Phi) is 6.18. The Labute approximate surface area is 197 Å². The molecular formula is C26H41NO6. The van der Waals surface area contributed by atoms with E-state index in [1.165, 1.54) is 32.1 Å². The molecule has 5 fully saturated rings. The Morgan fingerprint density at radius 3 is 2.33 bits per heavy atom. The van der Waals surface area contributed by atoms with Gasteiger partial charge in [0.2, 0.25) is 0 Å². The summed E-state index contributed by atoms with van der Waals surface area (Å²) in [6.45, 7) is 7.33. The second-order valence-corrected chi connectivity index (χ2v) is 11.3. The third-order valence-electron chi connectivity index (χ3n) is 10.0. The molecule has 2 aliphatic heterocycles. The van der Waals surface area contributed by atoms with Crippen LogP contribution in [-0.2, 0) is 23.7 Å². The molecule has 2 heterocycles. The number of nitrogens with two attached hydrogens (primary N) is 1. The Morgan fingerprint density at radius 2 is 1.67 bits per heavy atom. The van der Waals surface area contributed by atoms with Gasteiger partial charge in [-0.15, -0.1) is 0 Å². The highest BCUT2D eigenvalue weighted by atomic mass is 16.7. The highest BCUT2D eigenvalue weighted by Crippen LogP contribution is 2.69. The van der Waals surface area contributed by atoms with Crippen molar-refractivity contribution >= 4 is 5.97 Å². The highest BCUT2D eigenvalue weighted by Gasteiger charge is 2.67. The van der Waals surface area contributed by atoms with Crippen LogP contribution >= 0.6 is 0 Å². The molecular weight excluding hydrogens is 422 g/mol. The predicted molar refractivity (Wildman–Crippen MR) is 122 cm³/mol. The van der Waals surface area contributed by atoms with Gasteiger partial charge in [-0.05, 0) is 68.2 Å². The van der Waals surface area contributed by atoms with E-state index in [-0.39, 0.29) is 22.4 Å². The Balaban J connectivity index is 0.000000531. The predicted octanol–water partition coefficient (Wildman–Crippen LogP) is 3.86. The topological polar surface area (TPSA) is 100 Å². The van der Waals surface area contributed by atoms with Crippen molar-refractivity contribution in [3.63, 3.8) is 0 Å². The lowest BCUT2D eigenvalue weighted by molar-refractivity contribution is -0.244. The summed E-state index contributed by atoms with van der Waals surface area (Å²) >= 11 is 0. The van der Waals surface area contributed by atoms with Gasteiger partial charge in [-0.25, -0.2) is 0 Å². The second kappa shape index (κ2) is 8.59. The van der Waals surface area contributed by atoms with Crippen LogP contribution in [0.2, 0.25) is 0 Å². The summed E-state index contributed by atoms with van der Waals surface area (Å²) in [5.41, 5.74) is 8.24. The van der Waals surface area contributed by atoms with Gasteiger partial charge >= 0.3 is 0 Å². The zero-order valence-corrected chi connectivity index (χ0v) is 20.3. The number of ether oxygens (including phenoxy) is 4. The Morgan fingerprint density at radius 1 is 1.03 bits per heavy atom. The van der Waals surface area contributed by atoms with Gasteiger partial charge in [0, 0.05) is 31.6 Å². The van der Waals surface area contributed by atoms with E-state index < -0.39 is 5.97 Å². The van der Waals surface area contributed by atoms with Gasteiger partial charge in [0.15, 0.2) is 11.6 Å². The minimum absolute atomic E-state index is 0.160. The largest absolute Gasteiger partial charge is 0.481 e. The Hall–Kier alpha value is -0.990. The SMILES string of the molecule is CC(=O)O.C[C@]12CC[C@H]3[C@@H](CC=C4CC5(CC[C@@]43CCN)OCCO5)[C@@H]1CCC21OCCO1. The van der Waals surface area contributed by atoms with Crippen LogP contribution in [0, 0.1) is 28.6 Å². The maximum atomic E-state index is 9.00. The molecule has 186 valence electrons. The van der Waals surface area contributed by atoms with Gasteiger partial charge < -0.3 is 29.8 Å². The molecule has 2 saturated heterocycles. The van der Waals surface area contributed by atoms with Crippen molar-refractivity contribution < 1.29 is 28.8 Å². The van der Waals surface area contributed by atoms with Crippen LogP contribution in [0.1, 0.15) is 71.6 Å². The smallest absolute Gasteiger partial charge is 0.300 e. The van der Waals surface area contributed by atoms with E-state index in [0.29, 0.717) is 5.92 Å². The number of carbonyl (C=O) groups is 1. The van der Waals surface area contributed by atoms with E-state index in [4.69, 9.17) is 34.6 Å². The molecule has 0 unspecified atom stereocenters. The maximum Gasteiger partial charge on any atom is 0.300 e. The fraction of sp³-hybridized carbons (Fsp3) is 0.885. The van der Waals surface area contributed by atoms with Gasteiger partial charge in [0.1, 0.15) is 0 Å². The minimum Gasteiger partial charge on any atom is -0.481 e. The number of carboxylic acid groups (broad SMARTS) is 1. The van der Waals surface area contributed by atoms with Crippen molar-refractivity contribution in [2.75, 3.05) is 33.0 Å². The van der Waals surface area contributed by atoms with Crippen LogP contribution in [-0.4, -0.2) is 55.6 Å². The van der Waals surface area contributed by atoms with Gasteiger partial charge in [0.05, 0.1) is 26.4 Å². The van der Waals surface area contributed by atoms with Gasteiger partial charge in [-0.2, -0.15) is 0 Å². The summed E-state index contributed by atoms with van der Waals surface area (Å²) in [4.78, 5) is 9.00. The van der Waals surface area contributed by atoms with Crippen molar-refractivity contribution in [3.8, 4) is 0 Å². The number of aliphatic carboxylic acids is 1. The lowest BCUT2D eigenvalue weighted by atomic mass is 9.46. The third-order valence-corrected chi connectivity index (χ3v) is 10.0. The molecule has 6 rings (SSSR count). The van der Waals surface area contributed by atoms with E-state index in [2.05, 4.69) is 13.0 Å². The number of hydrogen-bond donors (Lipinski definition) is 2. The third kappa shape index (κ3) is 3.61. The molecule has 7 heteroatoms. The molecule has 0 aromatic heterocycles. The highest BCUT2D eigenvalue weighted by molar-refractivity contribution is 5.62. The number of fused-ring (bicyclic) bond motifs is 6. The molecule has 0 amide bonds. The van der Waals surface area contributed by atoms with Crippen LogP contribution < -0.4 is 5.73 Å².